The summed E-state index contributed by atoms with van der Waals surface area (Å²) in [6.45, 7) is 4.21. The second-order valence-electron chi connectivity index (χ2n) is 15.6. The summed E-state index contributed by atoms with van der Waals surface area (Å²) in [4.78, 5) is 12.4. The minimum atomic E-state index is -0.953. The average molecular weight is 732 g/mol. The number of aliphatic hydroxyl groups excluding tert-OH is 3. The molecule has 5 heteroatoms. The van der Waals surface area contributed by atoms with Crippen LogP contribution in [0, 0.1) is 0 Å². The molecule has 0 aromatic rings. The fourth-order valence-corrected chi connectivity index (χ4v) is 6.88. The van der Waals surface area contributed by atoms with Gasteiger partial charge in [0.15, 0.2) is 0 Å². The van der Waals surface area contributed by atoms with E-state index in [1.54, 1.807) is 6.08 Å². The number of aliphatic hydroxyl groups is 3. The number of hydrogen-bond acceptors (Lipinski definition) is 4. The summed E-state index contributed by atoms with van der Waals surface area (Å²) >= 11 is 0. The standard InChI is InChI=1S/C47H89NO4/c1-3-5-7-9-11-13-15-17-19-21-22-23-25-26-28-30-32-34-36-38-40-44(50)42-47(52)48-45(43-49)46(51)41-39-37-35-33-31-29-27-24-20-18-16-14-12-10-8-6-4-2/h25-26,31,33,39,41,44-46,49-51H,3-24,27-30,32,34-38,40,42-43H2,1-2H3,(H,48,52)/b26-25-,33-31+,41-39+. The molecule has 52 heavy (non-hydrogen) atoms. The molecule has 0 aromatic carbocycles. The molecule has 0 fully saturated rings. The SMILES string of the molecule is CCCCCCCCCCCCC/C=C\CCCCCCCC(O)CC(=O)NC(CO)C(O)/C=C/CC/C=C/CCCCCCCCCCCCC. The molecule has 3 atom stereocenters. The molecule has 0 spiro atoms. The van der Waals surface area contributed by atoms with Crippen LogP contribution in [0.4, 0.5) is 0 Å². The fraction of sp³-hybridized carbons (Fsp3) is 0.851. The van der Waals surface area contributed by atoms with E-state index in [1.807, 2.05) is 6.08 Å². The van der Waals surface area contributed by atoms with Crippen LogP contribution in [-0.4, -0.2) is 46.1 Å². The van der Waals surface area contributed by atoms with E-state index in [1.165, 1.54) is 161 Å². The molecule has 0 saturated carbocycles. The first-order valence-corrected chi connectivity index (χ1v) is 22.8. The Bertz CT molecular complexity index is 809. The van der Waals surface area contributed by atoms with Crippen LogP contribution < -0.4 is 5.32 Å². The molecule has 5 nitrogen and oxygen atoms in total. The van der Waals surface area contributed by atoms with E-state index < -0.39 is 18.2 Å². The molecule has 306 valence electrons. The number of hydrogen-bond donors (Lipinski definition) is 4. The molecule has 3 unspecified atom stereocenters. The van der Waals surface area contributed by atoms with Gasteiger partial charge in [-0.3, -0.25) is 4.79 Å². The molecule has 0 aliphatic heterocycles. The number of unbranched alkanes of at least 4 members (excludes halogenated alkanes) is 28. The highest BCUT2D eigenvalue weighted by molar-refractivity contribution is 5.76. The lowest BCUT2D eigenvalue weighted by Crippen LogP contribution is -2.45. The second kappa shape index (κ2) is 42.3. The van der Waals surface area contributed by atoms with Gasteiger partial charge in [0.1, 0.15) is 0 Å². The molecule has 0 aliphatic rings. The zero-order valence-corrected chi connectivity index (χ0v) is 34.7. The van der Waals surface area contributed by atoms with Crippen molar-refractivity contribution in [1.82, 2.24) is 5.32 Å². The van der Waals surface area contributed by atoms with E-state index in [2.05, 4.69) is 43.5 Å². The van der Waals surface area contributed by atoms with Crippen LogP contribution >= 0.6 is 0 Å². The van der Waals surface area contributed by atoms with Crippen molar-refractivity contribution in [2.75, 3.05) is 6.61 Å². The van der Waals surface area contributed by atoms with Gasteiger partial charge in [0.2, 0.25) is 5.91 Å². The van der Waals surface area contributed by atoms with Gasteiger partial charge in [0.05, 0.1) is 31.3 Å². The third-order valence-corrected chi connectivity index (χ3v) is 10.4. The number of nitrogens with one attached hydrogen (secondary N) is 1. The molecule has 0 rings (SSSR count). The first kappa shape index (κ1) is 50.6. The Balaban J connectivity index is 3.70. The monoisotopic (exact) mass is 732 g/mol. The van der Waals surface area contributed by atoms with Crippen molar-refractivity contribution in [2.45, 2.75) is 250 Å². The quantitative estimate of drug-likeness (QED) is 0.0372. The highest BCUT2D eigenvalue weighted by atomic mass is 16.3. The van der Waals surface area contributed by atoms with E-state index in [9.17, 15) is 20.1 Å². The second-order valence-corrected chi connectivity index (χ2v) is 15.6. The lowest BCUT2D eigenvalue weighted by Gasteiger charge is -2.20. The van der Waals surface area contributed by atoms with Gasteiger partial charge in [-0.1, -0.05) is 204 Å². The van der Waals surface area contributed by atoms with Crippen LogP contribution in [0.15, 0.2) is 36.5 Å². The van der Waals surface area contributed by atoms with Crippen molar-refractivity contribution < 1.29 is 20.1 Å². The molecular formula is C47H89NO4. The Hall–Kier alpha value is -1.43. The van der Waals surface area contributed by atoms with E-state index in [0.29, 0.717) is 6.42 Å². The zero-order valence-electron chi connectivity index (χ0n) is 34.7. The van der Waals surface area contributed by atoms with E-state index in [0.717, 1.165) is 44.9 Å². The summed E-state index contributed by atoms with van der Waals surface area (Å²) in [5, 5.41) is 33.2. The largest absolute Gasteiger partial charge is 0.394 e. The van der Waals surface area contributed by atoms with Gasteiger partial charge < -0.3 is 20.6 Å². The normalized spacial score (nSPS) is 13.9. The summed E-state index contributed by atoms with van der Waals surface area (Å²) in [5.41, 5.74) is 0. The predicted molar refractivity (Wildman–Crippen MR) is 227 cm³/mol. The van der Waals surface area contributed by atoms with Gasteiger partial charge in [0.25, 0.3) is 0 Å². The molecule has 1 amide bonds. The maximum absolute atomic E-state index is 12.4. The third-order valence-electron chi connectivity index (χ3n) is 10.4. The predicted octanol–water partition coefficient (Wildman–Crippen LogP) is 13.2. The topological polar surface area (TPSA) is 89.8 Å². The summed E-state index contributed by atoms with van der Waals surface area (Å²) in [6.07, 6.45) is 52.9. The Morgan fingerprint density at radius 3 is 1.23 bits per heavy atom. The minimum absolute atomic E-state index is 0.000768. The smallest absolute Gasteiger partial charge is 0.222 e. The lowest BCUT2D eigenvalue weighted by atomic mass is 10.0. The maximum Gasteiger partial charge on any atom is 0.222 e. The Morgan fingerprint density at radius 2 is 0.827 bits per heavy atom. The Kier molecular flexibility index (Phi) is 41.1. The number of amides is 1. The van der Waals surface area contributed by atoms with Crippen LogP contribution in [0.25, 0.3) is 0 Å². The van der Waals surface area contributed by atoms with Gasteiger partial charge in [-0.05, 0) is 57.8 Å². The molecular weight excluding hydrogens is 643 g/mol. The maximum atomic E-state index is 12.4. The van der Waals surface area contributed by atoms with Gasteiger partial charge in [-0.25, -0.2) is 0 Å². The summed E-state index contributed by atoms with van der Waals surface area (Å²) in [7, 11) is 0. The number of allylic oxidation sites excluding steroid dienone is 5. The number of carbonyl (C=O) groups excluding carboxylic acids is 1. The first-order chi connectivity index (χ1) is 25.5. The molecule has 0 bridgehead atoms. The van der Waals surface area contributed by atoms with Crippen LogP contribution in [0.5, 0.6) is 0 Å². The molecule has 0 aromatic heterocycles. The third kappa shape index (κ3) is 38.3. The van der Waals surface area contributed by atoms with Gasteiger partial charge in [-0.2, -0.15) is 0 Å². The fourth-order valence-electron chi connectivity index (χ4n) is 6.88. The van der Waals surface area contributed by atoms with Crippen LogP contribution in [0.2, 0.25) is 0 Å². The van der Waals surface area contributed by atoms with Crippen molar-refractivity contribution >= 4 is 5.91 Å². The average Bonchev–Trinajstić information content (AvgIpc) is 3.14. The molecule has 0 heterocycles. The molecule has 4 N–H and O–H groups in total. The summed E-state index contributed by atoms with van der Waals surface area (Å²) in [5.74, 6) is -0.329. The van der Waals surface area contributed by atoms with Gasteiger partial charge in [0, 0.05) is 0 Å². The van der Waals surface area contributed by atoms with E-state index in [-0.39, 0.29) is 18.9 Å². The first-order valence-electron chi connectivity index (χ1n) is 22.8. The molecule has 0 radical (unpaired) electrons. The highest BCUT2D eigenvalue weighted by Gasteiger charge is 2.20. The zero-order chi connectivity index (χ0) is 38.0. The van der Waals surface area contributed by atoms with E-state index >= 15 is 0 Å². The van der Waals surface area contributed by atoms with Crippen molar-refractivity contribution in [2.24, 2.45) is 0 Å². The Labute approximate surface area is 324 Å². The Morgan fingerprint density at radius 1 is 0.481 bits per heavy atom. The van der Waals surface area contributed by atoms with Crippen molar-refractivity contribution in [3.05, 3.63) is 36.5 Å². The number of rotatable bonds is 41. The molecule has 0 saturated heterocycles. The van der Waals surface area contributed by atoms with Crippen LogP contribution in [0.3, 0.4) is 0 Å². The minimum Gasteiger partial charge on any atom is -0.394 e. The van der Waals surface area contributed by atoms with Crippen molar-refractivity contribution in [1.29, 1.82) is 0 Å². The van der Waals surface area contributed by atoms with Gasteiger partial charge >= 0.3 is 0 Å². The van der Waals surface area contributed by atoms with Crippen LogP contribution in [0.1, 0.15) is 232 Å². The van der Waals surface area contributed by atoms with E-state index in [4.69, 9.17) is 0 Å². The van der Waals surface area contributed by atoms with Crippen molar-refractivity contribution in [3.8, 4) is 0 Å². The van der Waals surface area contributed by atoms with Crippen LogP contribution in [-0.2, 0) is 4.79 Å². The number of carbonyl (C=O) groups is 1. The lowest BCUT2D eigenvalue weighted by molar-refractivity contribution is -0.124. The summed E-state index contributed by atoms with van der Waals surface area (Å²) < 4.78 is 0. The van der Waals surface area contributed by atoms with Gasteiger partial charge in [-0.15, -0.1) is 0 Å². The highest BCUT2D eigenvalue weighted by Crippen LogP contribution is 2.15. The summed E-state index contributed by atoms with van der Waals surface area (Å²) in [6, 6.07) is -0.763. The van der Waals surface area contributed by atoms with Crippen molar-refractivity contribution in [3.63, 3.8) is 0 Å². The molecule has 0 aliphatic carbocycles.